The molecular formula is C16H13Cl2NO2S. The van der Waals surface area contributed by atoms with E-state index in [1.54, 1.807) is 30.3 Å². The van der Waals surface area contributed by atoms with E-state index < -0.39 is 0 Å². The van der Waals surface area contributed by atoms with Crippen LogP contribution in [0.25, 0.3) is 10.1 Å². The summed E-state index contributed by atoms with van der Waals surface area (Å²) in [5, 5.41) is 1.94. The molecule has 1 unspecified atom stereocenters. The number of furan rings is 1. The average Bonchev–Trinajstić information content (AvgIpc) is 3.13. The van der Waals surface area contributed by atoms with Gasteiger partial charge < -0.3 is 9.32 Å². The highest BCUT2D eigenvalue weighted by Crippen LogP contribution is 2.38. The van der Waals surface area contributed by atoms with Crippen LogP contribution in [0.4, 0.5) is 0 Å². The summed E-state index contributed by atoms with van der Waals surface area (Å²) in [5.74, 6) is 0.599. The smallest absolute Gasteiger partial charge is 0.265 e. The van der Waals surface area contributed by atoms with E-state index in [-0.39, 0.29) is 11.9 Å². The van der Waals surface area contributed by atoms with Gasteiger partial charge in [-0.15, -0.1) is 11.3 Å². The summed E-state index contributed by atoms with van der Waals surface area (Å²) in [6.07, 6.45) is 1.60. The molecule has 0 spiro atoms. The van der Waals surface area contributed by atoms with E-state index in [0.717, 1.165) is 15.8 Å². The molecule has 22 heavy (non-hydrogen) atoms. The van der Waals surface area contributed by atoms with Crippen LogP contribution in [0.15, 0.2) is 41.0 Å². The zero-order chi connectivity index (χ0) is 15.9. The number of fused-ring (bicyclic) bond motifs is 1. The van der Waals surface area contributed by atoms with Crippen LogP contribution in [-0.4, -0.2) is 17.9 Å². The Morgan fingerprint density at radius 3 is 2.77 bits per heavy atom. The van der Waals surface area contributed by atoms with Crippen LogP contribution < -0.4 is 0 Å². The summed E-state index contributed by atoms with van der Waals surface area (Å²) < 4.78 is 6.27. The molecule has 0 aliphatic rings. The van der Waals surface area contributed by atoms with Gasteiger partial charge in [-0.1, -0.05) is 29.3 Å². The Morgan fingerprint density at radius 2 is 2.09 bits per heavy atom. The third-order valence-electron chi connectivity index (χ3n) is 3.64. The van der Waals surface area contributed by atoms with Crippen molar-refractivity contribution in [1.82, 2.24) is 4.90 Å². The maximum absolute atomic E-state index is 12.7. The highest BCUT2D eigenvalue weighted by Gasteiger charge is 2.25. The second-order valence-corrected chi connectivity index (χ2v) is 6.86. The molecule has 0 saturated carbocycles. The van der Waals surface area contributed by atoms with Crippen molar-refractivity contribution in [3.05, 3.63) is 57.3 Å². The SMILES string of the molecule is CC(c1ccco1)N(C)C(=O)c1sc2cc(Cl)ccc2c1Cl. The minimum absolute atomic E-state index is 0.133. The van der Waals surface area contributed by atoms with Gasteiger partial charge in [0.25, 0.3) is 5.91 Å². The molecule has 6 heteroatoms. The van der Waals surface area contributed by atoms with Crippen LogP contribution in [0.3, 0.4) is 0 Å². The Balaban J connectivity index is 1.96. The fourth-order valence-corrected chi connectivity index (χ4v) is 4.00. The second-order valence-electron chi connectivity index (χ2n) is 4.99. The lowest BCUT2D eigenvalue weighted by Crippen LogP contribution is -2.29. The van der Waals surface area contributed by atoms with Crippen molar-refractivity contribution >= 4 is 50.5 Å². The first-order chi connectivity index (χ1) is 10.5. The van der Waals surface area contributed by atoms with E-state index in [2.05, 4.69) is 0 Å². The quantitative estimate of drug-likeness (QED) is 0.610. The van der Waals surface area contributed by atoms with Gasteiger partial charge in [0, 0.05) is 22.2 Å². The Kier molecular flexibility index (Phi) is 4.17. The monoisotopic (exact) mass is 353 g/mol. The molecule has 0 aliphatic heterocycles. The van der Waals surface area contributed by atoms with Gasteiger partial charge in [0.15, 0.2) is 0 Å². The predicted molar refractivity (Wildman–Crippen MR) is 91.1 cm³/mol. The van der Waals surface area contributed by atoms with E-state index >= 15 is 0 Å². The highest BCUT2D eigenvalue weighted by molar-refractivity contribution is 7.21. The molecule has 0 aliphatic carbocycles. The number of halogens is 2. The number of nitrogens with zero attached hydrogens (tertiary/aromatic N) is 1. The molecule has 0 N–H and O–H groups in total. The summed E-state index contributed by atoms with van der Waals surface area (Å²) in [6, 6.07) is 8.90. The van der Waals surface area contributed by atoms with E-state index in [1.807, 2.05) is 25.1 Å². The minimum atomic E-state index is -0.174. The third-order valence-corrected chi connectivity index (χ3v) is 5.52. The standard InChI is InChI=1S/C16H13Cl2NO2S/c1-9(12-4-3-7-21-12)19(2)16(20)15-14(18)11-6-5-10(17)8-13(11)22-15/h3-9H,1-2H3. The van der Waals surface area contributed by atoms with Crippen LogP contribution >= 0.6 is 34.5 Å². The highest BCUT2D eigenvalue weighted by atomic mass is 35.5. The van der Waals surface area contributed by atoms with E-state index in [0.29, 0.717) is 14.9 Å². The molecular weight excluding hydrogens is 341 g/mol. The maximum Gasteiger partial charge on any atom is 0.265 e. The summed E-state index contributed by atoms with van der Waals surface area (Å²) in [7, 11) is 1.74. The van der Waals surface area contributed by atoms with Gasteiger partial charge in [0.2, 0.25) is 0 Å². The second kappa shape index (κ2) is 5.95. The minimum Gasteiger partial charge on any atom is -0.467 e. The number of rotatable bonds is 3. The topological polar surface area (TPSA) is 33.5 Å². The molecule has 1 atom stereocenters. The first kappa shape index (κ1) is 15.4. The third kappa shape index (κ3) is 2.62. The molecule has 2 heterocycles. The van der Waals surface area contributed by atoms with Crippen molar-refractivity contribution in [3.63, 3.8) is 0 Å². The molecule has 114 valence electrons. The molecule has 3 rings (SSSR count). The van der Waals surface area contributed by atoms with Gasteiger partial charge in [0.1, 0.15) is 10.6 Å². The van der Waals surface area contributed by atoms with Crippen LogP contribution in [0, 0.1) is 0 Å². The predicted octanol–water partition coefficient (Wildman–Crippen LogP) is 5.63. The molecule has 0 saturated heterocycles. The number of hydrogen-bond acceptors (Lipinski definition) is 3. The summed E-state index contributed by atoms with van der Waals surface area (Å²) >= 11 is 13.7. The van der Waals surface area contributed by atoms with Gasteiger partial charge in [0.05, 0.1) is 17.3 Å². The fourth-order valence-electron chi connectivity index (χ4n) is 2.23. The van der Waals surface area contributed by atoms with E-state index in [9.17, 15) is 4.79 Å². The van der Waals surface area contributed by atoms with E-state index in [1.165, 1.54) is 11.3 Å². The Morgan fingerprint density at radius 1 is 1.32 bits per heavy atom. The van der Waals surface area contributed by atoms with Gasteiger partial charge in [-0.25, -0.2) is 0 Å². The molecule has 1 aromatic carbocycles. The van der Waals surface area contributed by atoms with Crippen LogP contribution in [0.2, 0.25) is 10.0 Å². The summed E-state index contributed by atoms with van der Waals surface area (Å²) in [4.78, 5) is 14.9. The molecule has 3 aromatic rings. The number of benzene rings is 1. The van der Waals surface area contributed by atoms with Gasteiger partial charge in [-0.05, 0) is 31.2 Å². The van der Waals surface area contributed by atoms with Crippen molar-refractivity contribution in [2.75, 3.05) is 7.05 Å². The zero-order valence-corrected chi connectivity index (χ0v) is 14.3. The lowest BCUT2D eigenvalue weighted by molar-refractivity contribution is 0.0731. The molecule has 0 fully saturated rings. The Labute approximate surface area is 142 Å². The largest absolute Gasteiger partial charge is 0.467 e. The van der Waals surface area contributed by atoms with Gasteiger partial charge in [-0.2, -0.15) is 0 Å². The fraction of sp³-hybridized carbons (Fsp3) is 0.188. The van der Waals surface area contributed by atoms with Crippen molar-refractivity contribution in [1.29, 1.82) is 0 Å². The average molecular weight is 354 g/mol. The molecule has 2 aromatic heterocycles. The first-order valence-corrected chi connectivity index (χ1v) is 8.24. The number of thiophene rings is 1. The van der Waals surface area contributed by atoms with E-state index in [4.69, 9.17) is 27.6 Å². The summed E-state index contributed by atoms with van der Waals surface area (Å²) in [5.41, 5.74) is 0. The maximum atomic E-state index is 12.7. The first-order valence-electron chi connectivity index (χ1n) is 6.67. The zero-order valence-electron chi connectivity index (χ0n) is 12.0. The number of carbonyl (C=O) groups is 1. The molecule has 0 bridgehead atoms. The van der Waals surface area contributed by atoms with Crippen LogP contribution in [-0.2, 0) is 0 Å². The lowest BCUT2D eigenvalue weighted by Gasteiger charge is -2.22. The van der Waals surface area contributed by atoms with Crippen LogP contribution in [0.1, 0.15) is 28.4 Å². The Bertz CT molecular complexity index is 826. The van der Waals surface area contributed by atoms with Crippen molar-refractivity contribution in [3.8, 4) is 0 Å². The normalized spacial score (nSPS) is 12.5. The molecule has 3 nitrogen and oxygen atoms in total. The van der Waals surface area contributed by atoms with Gasteiger partial charge in [-0.3, -0.25) is 4.79 Å². The van der Waals surface area contributed by atoms with Crippen molar-refractivity contribution in [2.45, 2.75) is 13.0 Å². The number of carbonyl (C=O) groups excluding carboxylic acids is 1. The van der Waals surface area contributed by atoms with Crippen LogP contribution in [0.5, 0.6) is 0 Å². The summed E-state index contributed by atoms with van der Waals surface area (Å²) in [6.45, 7) is 1.91. The Hall–Kier alpha value is -1.49. The number of amides is 1. The molecule has 1 amide bonds. The molecule has 0 radical (unpaired) electrons. The van der Waals surface area contributed by atoms with Crippen molar-refractivity contribution in [2.24, 2.45) is 0 Å². The van der Waals surface area contributed by atoms with Gasteiger partial charge >= 0.3 is 0 Å². The lowest BCUT2D eigenvalue weighted by atomic mass is 10.2. The number of hydrogen-bond donors (Lipinski definition) is 0. The van der Waals surface area contributed by atoms with Crippen molar-refractivity contribution < 1.29 is 9.21 Å².